The summed E-state index contributed by atoms with van der Waals surface area (Å²) in [5, 5.41) is 4.37. The zero-order chi connectivity index (χ0) is 13.3. The van der Waals surface area contributed by atoms with Gasteiger partial charge in [-0.3, -0.25) is 9.48 Å². The molecular formula is C14H20N2O2S. The number of aromatic nitrogens is 2. The Morgan fingerprint density at radius 2 is 2.32 bits per heavy atom. The van der Waals surface area contributed by atoms with Crippen LogP contribution in [0.3, 0.4) is 0 Å². The molecule has 3 heterocycles. The molecule has 2 saturated heterocycles. The molecule has 0 aliphatic carbocycles. The number of hydrogen-bond acceptors (Lipinski definition) is 4. The Hall–Kier alpha value is -0.810. The number of Topliss-reactive ketones (excluding diaryl/α,β-unsaturated/α-hetero) is 1. The van der Waals surface area contributed by atoms with E-state index in [1.54, 1.807) is 13.1 Å². The lowest BCUT2D eigenvalue weighted by Gasteiger charge is -2.43. The summed E-state index contributed by atoms with van der Waals surface area (Å²) in [5.74, 6) is 2.48. The average molecular weight is 280 g/mol. The van der Waals surface area contributed by atoms with Gasteiger partial charge in [0.25, 0.3) is 0 Å². The summed E-state index contributed by atoms with van der Waals surface area (Å²) in [4.78, 5) is 11.4. The summed E-state index contributed by atoms with van der Waals surface area (Å²) in [6.45, 7) is 2.40. The van der Waals surface area contributed by atoms with Gasteiger partial charge in [0.15, 0.2) is 5.78 Å². The summed E-state index contributed by atoms with van der Waals surface area (Å²) >= 11 is 2.02. The quantitative estimate of drug-likeness (QED) is 0.781. The normalized spacial score (nSPS) is 26.5. The fourth-order valence-corrected chi connectivity index (χ4v) is 4.28. The van der Waals surface area contributed by atoms with Crippen molar-refractivity contribution in [3.05, 3.63) is 18.0 Å². The highest BCUT2D eigenvalue weighted by atomic mass is 32.2. The maximum atomic E-state index is 11.4. The fourth-order valence-electron chi connectivity index (χ4n) is 3.04. The minimum Gasteiger partial charge on any atom is -0.375 e. The highest BCUT2D eigenvalue weighted by Gasteiger charge is 2.39. The van der Waals surface area contributed by atoms with E-state index in [0.29, 0.717) is 11.6 Å². The number of ether oxygens (including phenoxy) is 1. The monoisotopic (exact) mass is 280 g/mol. The second-order valence-corrected chi connectivity index (χ2v) is 6.78. The molecule has 0 bridgehead atoms. The summed E-state index contributed by atoms with van der Waals surface area (Å²) in [5.41, 5.74) is 0.774. The van der Waals surface area contributed by atoms with Crippen molar-refractivity contribution in [1.82, 2.24) is 9.78 Å². The summed E-state index contributed by atoms with van der Waals surface area (Å²) in [7, 11) is 0. The molecule has 1 spiro atoms. The molecule has 2 fully saturated rings. The number of carbonyl (C=O) groups is 1. The van der Waals surface area contributed by atoms with Crippen LogP contribution in [0.2, 0.25) is 0 Å². The van der Waals surface area contributed by atoms with E-state index in [9.17, 15) is 4.79 Å². The van der Waals surface area contributed by atoms with E-state index < -0.39 is 0 Å². The molecule has 0 N–H and O–H groups in total. The van der Waals surface area contributed by atoms with Crippen molar-refractivity contribution < 1.29 is 9.53 Å². The maximum absolute atomic E-state index is 11.4. The van der Waals surface area contributed by atoms with Gasteiger partial charge >= 0.3 is 0 Å². The number of ketones is 1. The predicted octanol–water partition coefficient (Wildman–Crippen LogP) is 2.70. The molecule has 1 atom stereocenters. The second kappa shape index (κ2) is 5.29. The van der Waals surface area contributed by atoms with Crippen LogP contribution in [0.15, 0.2) is 12.4 Å². The molecule has 1 aromatic rings. The van der Waals surface area contributed by atoms with E-state index in [0.717, 1.165) is 32.3 Å². The molecule has 5 heteroatoms. The number of hydrogen-bond donors (Lipinski definition) is 0. The lowest BCUT2D eigenvalue weighted by Crippen LogP contribution is -2.43. The Kier molecular flexibility index (Phi) is 3.67. The minimum atomic E-state index is 0.0660. The summed E-state index contributed by atoms with van der Waals surface area (Å²) in [6, 6.07) is 0.380. The number of thioether (sulfide) groups is 1. The molecule has 3 rings (SSSR count). The van der Waals surface area contributed by atoms with Crippen molar-refractivity contribution in [2.24, 2.45) is 0 Å². The Bertz CT molecular complexity index is 460. The van der Waals surface area contributed by atoms with Crippen LogP contribution in [0.5, 0.6) is 0 Å². The van der Waals surface area contributed by atoms with Crippen molar-refractivity contribution in [1.29, 1.82) is 0 Å². The highest BCUT2D eigenvalue weighted by Crippen LogP contribution is 2.41. The van der Waals surface area contributed by atoms with Crippen LogP contribution >= 0.6 is 11.8 Å². The topological polar surface area (TPSA) is 44.1 Å². The Morgan fingerprint density at radius 1 is 1.53 bits per heavy atom. The smallest absolute Gasteiger partial charge is 0.162 e. The zero-order valence-electron chi connectivity index (χ0n) is 11.3. The van der Waals surface area contributed by atoms with Gasteiger partial charge in [-0.05, 0) is 44.1 Å². The van der Waals surface area contributed by atoms with Crippen LogP contribution in [0.25, 0.3) is 0 Å². The third kappa shape index (κ3) is 2.72. The molecule has 2 aliphatic heterocycles. The second-order valence-electron chi connectivity index (χ2n) is 5.56. The Labute approximate surface area is 117 Å². The van der Waals surface area contributed by atoms with Crippen molar-refractivity contribution in [2.45, 2.75) is 44.2 Å². The standard InChI is InChI=1S/C14H20N2O2S/c1-11(17)12-9-15-16(10-12)13-2-5-18-14(8-13)3-6-19-7-4-14/h9-10,13H,2-8H2,1H3. The molecule has 0 radical (unpaired) electrons. The molecule has 19 heavy (non-hydrogen) atoms. The lowest BCUT2D eigenvalue weighted by atomic mass is 9.85. The zero-order valence-corrected chi connectivity index (χ0v) is 12.1. The van der Waals surface area contributed by atoms with Crippen molar-refractivity contribution in [3.8, 4) is 0 Å². The van der Waals surface area contributed by atoms with E-state index in [4.69, 9.17) is 4.74 Å². The van der Waals surface area contributed by atoms with Crippen LogP contribution in [-0.2, 0) is 4.74 Å². The SMILES string of the molecule is CC(=O)c1cnn(C2CCOC3(CCSCC3)C2)c1. The molecule has 1 unspecified atom stereocenters. The van der Waals surface area contributed by atoms with Crippen LogP contribution < -0.4 is 0 Å². The van der Waals surface area contributed by atoms with Gasteiger partial charge in [-0.1, -0.05) is 0 Å². The first-order valence-corrected chi connectivity index (χ1v) is 8.11. The molecule has 0 saturated carbocycles. The Balaban J connectivity index is 1.75. The summed E-state index contributed by atoms with van der Waals surface area (Å²) in [6.07, 6.45) is 7.90. The first-order chi connectivity index (χ1) is 9.19. The van der Waals surface area contributed by atoms with E-state index in [2.05, 4.69) is 5.10 Å². The number of nitrogens with zero attached hydrogens (tertiary/aromatic N) is 2. The van der Waals surface area contributed by atoms with Crippen LogP contribution in [0, 0.1) is 0 Å². The fraction of sp³-hybridized carbons (Fsp3) is 0.714. The molecular weight excluding hydrogens is 260 g/mol. The first-order valence-electron chi connectivity index (χ1n) is 6.95. The van der Waals surface area contributed by atoms with Crippen molar-refractivity contribution >= 4 is 17.5 Å². The van der Waals surface area contributed by atoms with Gasteiger partial charge in [-0.2, -0.15) is 16.9 Å². The minimum absolute atomic E-state index is 0.0660. The van der Waals surface area contributed by atoms with Gasteiger partial charge in [0, 0.05) is 12.8 Å². The van der Waals surface area contributed by atoms with Gasteiger partial charge < -0.3 is 4.74 Å². The van der Waals surface area contributed by atoms with E-state index in [1.165, 1.54) is 11.5 Å². The van der Waals surface area contributed by atoms with Crippen LogP contribution in [-0.4, -0.2) is 39.3 Å². The van der Waals surface area contributed by atoms with E-state index in [-0.39, 0.29) is 11.4 Å². The number of carbonyl (C=O) groups excluding carboxylic acids is 1. The van der Waals surface area contributed by atoms with Crippen LogP contribution in [0.4, 0.5) is 0 Å². The summed E-state index contributed by atoms with van der Waals surface area (Å²) < 4.78 is 8.07. The molecule has 104 valence electrons. The molecule has 1 aromatic heterocycles. The largest absolute Gasteiger partial charge is 0.375 e. The van der Waals surface area contributed by atoms with Crippen LogP contribution in [0.1, 0.15) is 49.0 Å². The van der Waals surface area contributed by atoms with Crippen molar-refractivity contribution in [3.63, 3.8) is 0 Å². The van der Waals surface area contributed by atoms with E-state index in [1.807, 2.05) is 22.6 Å². The van der Waals surface area contributed by atoms with E-state index >= 15 is 0 Å². The van der Waals surface area contributed by atoms with Crippen molar-refractivity contribution in [2.75, 3.05) is 18.1 Å². The van der Waals surface area contributed by atoms with Gasteiger partial charge in [0.05, 0.1) is 23.4 Å². The third-order valence-corrected chi connectivity index (χ3v) is 5.24. The predicted molar refractivity (Wildman–Crippen MR) is 75.7 cm³/mol. The molecule has 0 aromatic carbocycles. The molecule has 4 nitrogen and oxygen atoms in total. The number of rotatable bonds is 2. The Morgan fingerprint density at radius 3 is 3.00 bits per heavy atom. The maximum Gasteiger partial charge on any atom is 0.162 e. The molecule has 2 aliphatic rings. The molecule has 0 amide bonds. The van der Waals surface area contributed by atoms with Gasteiger partial charge in [-0.15, -0.1) is 0 Å². The van der Waals surface area contributed by atoms with Gasteiger partial charge in [-0.25, -0.2) is 0 Å². The first kappa shape index (κ1) is 13.2. The highest BCUT2D eigenvalue weighted by molar-refractivity contribution is 7.99. The average Bonchev–Trinajstić information content (AvgIpc) is 2.89. The van der Waals surface area contributed by atoms with Gasteiger partial charge in [0.2, 0.25) is 0 Å². The lowest BCUT2D eigenvalue weighted by molar-refractivity contribution is -0.100. The third-order valence-electron chi connectivity index (χ3n) is 4.25. The van der Waals surface area contributed by atoms with Gasteiger partial charge in [0.1, 0.15) is 0 Å².